The molecule has 0 saturated carbocycles. The second kappa shape index (κ2) is 9.66. The van der Waals surface area contributed by atoms with Crippen molar-refractivity contribution in [1.82, 2.24) is 0 Å². The van der Waals surface area contributed by atoms with Crippen LogP contribution in [0.5, 0.6) is 0 Å². The van der Waals surface area contributed by atoms with E-state index in [2.05, 4.69) is 163 Å². The smallest absolute Gasteiger partial charge is 0.0494 e. The van der Waals surface area contributed by atoms with E-state index in [-0.39, 0.29) is 0 Å². The molecule has 2 nitrogen and oxygen atoms in total. The maximum atomic E-state index is 3.54. The fraction of sp³-hybridized carbons (Fsp3) is 0.0270. The Hall–Kier alpha value is -5.08. The third-order valence-electron chi connectivity index (χ3n) is 7.62. The SMILES string of the molecule is CN(c1ccc(-c2ccc(Nc3ccc4ccccc4c3)cc2)cc1)c1cc2ccccc2c2ccccc12. The van der Waals surface area contributed by atoms with Crippen LogP contribution in [0.3, 0.4) is 0 Å². The molecule has 0 aliphatic carbocycles. The van der Waals surface area contributed by atoms with Crippen molar-refractivity contribution in [3.05, 3.63) is 146 Å². The van der Waals surface area contributed by atoms with Crippen LogP contribution in [0.15, 0.2) is 146 Å². The Bertz CT molecular complexity index is 1940. The van der Waals surface area contributed by atoms with Crippen LogP contribution in [-0.2, 0) is 0 Å². The number of nitrogens with one attached hydrogen (secondary N) is 1. The Balaban J connectivity index is 1.13. The Morgan fingerprint density at radius 1 is 0.436 bits per heavy atom. The third-order valence-corrected chi connectivity index (χ3v) is 7.62. The van der Waals surface area contributed by atoms with Crippen molar-refractivity contribution in [2.24, 2.45) is 0 Å². The van der Waals surface area contributed by atoms with Crippen molar-refractivity contribution in [3.63, 3.8) is 0 Å². The lowest BCUT2D eigenvalue weighted by atomic mass is 9.99. The van der Waals surface area contributed by atoms with E-state index in [0.29, 0.717) is 0 Å². The molecule has 7 rings (SSSR count). The van der Waals surface area contributed by atoms with Gasteiger partial charge in [0.15, 0.2) is 0 Å². The van der Waals surface area contributed by atoms with Gasteiger partial charge < -0.3 is 10.2 Å². The molecule has 2 heteroatoms. The summed E-state index contributed by atoms with van der Waals surface area (Å²) in [6.07, 6.45) is 0. The van der Waals surface area contributed by atoms with E-state index < -0.39 is 0 Å². The van der Waals surface area contributed by atoms with Gasteiger partial charge in [0, 0.05) is 35.2 Å². The predicted octanol–water partition coefficient (Wildman–Crippen LogP) is 10.3. The normalized spacial score (nSPS) is 11.2. The quantitative estimate of drug-likeness (QED) is 0.236. The Labute approximate surface area is 228 Å². The van der Waals surface area contributed by atoms with Crippen molar-refractivity contribution in [2.75, 3.05) is 17.3 Å². The Kier molecular flexibility index (Phi) is 5.71. The van der Waals surface area contributed by atoms with Crippen molar-refractivity contribution in [3.8, 4) is 11.1 Å². The maximum absolute atomic E-state index is 3.54. The number of hydrogen-bond donors (Lipinski definition) is 1. The zero-order valence-corrected chi connectivity index (χ0v) is 21.8. The maximum Gasteiger partial charge on any atom is 0.0494 e. The van der Waals surface area contributed by atoms with Gasteiger partial charge in [-0.25, -0.2) is 0 Å². The minimum Gasteiger partial charge on any atom is -0.356 e. The van der Waals surface area contributed by atoms with Crippen LogP contribution < -0.4 is 10.2 Å². The first-order valence-electron chi connectivity index (χ1n) is 13.3. The molecule has 0 atom stereocenters. The van der Waals surface area contributed by atoms with Gasteiger partial charge >= 0.3 is 0 Å². The molecule has 0 aliphatic rings. The van der Waals surface area contributed by atoms with Crippen LogP contribution in [0.4, 0.5) is 22.7 Å². The lowest BCUT2D eigenvalue weighted by Gasteiger charge is -2.23. The molecular formula is C37H28N2. The molecule has 0 unspecified atom stereocenters. The average Bonchev–Trinajstić information content (AvgIpc) is 3.01. The Morgan fingerprint density at radius 3 is 1.74 bits per heavy atom. The highest BCUT2D eigenvalue weighted by Crippen LogP contribution is 2.37. The third kappa shape index (κ3) is 4.36. The van der Waals surface area contributed by atoms with Crippen molar-refractivity contribution in [1.29, 1.82) is 0 Å². The van der Waals surface area contributed by atoms with E-state index in [0.717, 1.165) is 17.1 Å². The summed E-state index contributed by atoms with van der Waals surface area (Å²) in [5.41, 5.74) is 6.94. The number of anilines is 4. The van der Waals surface area contributed by atoms with E-state index in [1.54, 1.807) is 0 Å². The monoisotopic (exact) mass is 500 g/mol. The van der Waals surface area contributed by atoms with Gasteiger partial charge in [-0.15, -0.1) is 0 Å². The van der Waals surface area contributed by atoms with E-state index in [1.165, 1.54) is 49.1 Å². The molecule has 7 aromatic carbocycles. The topological polar surface area (TPSA) is 15.3 Å². The summed E-state index contributed by atoms with van der Waals surface area (Å²) >= 11 is 0. The fourth-order valence-electron chi connectivity index (χ4n) is 5.51. The summed E-state index contributed by atoms with van der Waals surface area (Å²) in [6.45, 7) is 0. The predicted molar refractivity (Wildman–Crippen MR) is 169 cm³/mol. The highest BCUT2D eigenvalue weighted by Gasteiger charge is 2.12. The molecule has 186 valence electrons. The van der Waals surface area contributed by atoms with Gasteiger partial charge in [-0.1, -0.05) is 103 Å². The number of benzene rings is 7. The minimum atomic E-state index is 1.08. The first-order chi connectivity index (χ1) is 19.2. The molecule has 39 heavy (non-hydrogen) atoms. The largest absolute Gasteiger partial charge is 0.356 e. The molecule has 0 spiro atoms. The highest BCUT2D eigenvalue weighted by atomic mass is 15.1. The highest BCUT2D eigenvalue weighted by molar-refractivity contribution is 6.13. The van der Waals surface area contributed by atoms with E-state index in [1.807, 2.05) is 0 Å². The standard InChI is InChI=1S/C37H28N2/c1-39(37-25-30-10-4-5-11-34(30)35-12-6-7-13-36(35)37)33-22-17-28(18-23-33)27-14-19-31(20-15-27)38-32-21-16-26-8-2-3-9-29(26)24-32/h2-25,38H,1H3. The molecule has 0 fully saturated rings. The summed E-state index contributed by atoms with van der Waals surface area (Å²) in [7, 11) is 2.15. The van der Waals surface area contributed by atoms with Gasteiger partial charge in [-0.05, 0) is 80.5 Å². The minimum absolute atomic E-state index is 1.08. The van der Waals surface area contributed by atoms with Crippen LogP contribution in [0.2, 0.25) is 0 Å². The van der Waals surface area contributed by atoms with Crippen molar-refractivity contribution < 1.29 is 0 Å². The summed E-state index contributed by atoms with van der Waals surface area (Å²) in [5, 5.41) is 11.1. The summed E-state index contributed by atoms with van der Waals surface area (Å²) in [6, 6.07) is 52.0. The lowest BCUT2D eigenvalue weighted by Crippen LogP contribution is -2.10. The van der Waals surface area contributed by atoms with Crippen LogP contribution >= 0.6 is 0 Å². The van der Waals surface area contributed by atoms with Gasteiger partial charge in [0.05, 0.1) is 0 Å². The first kappa shape index (κ1) is 23.1. The van der Waals surface area contributed by atoms with Gasteiger partial charge in [-0.2, -0.15) is 0 Å². The van der Waals surface area contributed by atoms with Crippen molar-refractivity contribution >= 4 is 55.1 Å². The van der Waals surface area contributed by atoms with Gasteiger partial charge in [0.25, 0.3) is 0 Å². The van der Waals surface area contributed by atoms with E-state index in [4.69, 9.17) is 0 Å². The zero-order valence-electron chi connectivity index (χ0n) is 21.8. The fourth-order valence-corrected chi connectivity index (χ4v) is 5.51. The van der Waals surface area contributed by atoms with Crippen LogP contribution in [-0.4, -0.2) is 7.05 Å². The van der Waals surface area contributed by atoms with Crippen LogP contribution in [0.1, 0.15) is 0 Å². The number of fused-ring (bicyclic) bond motifs is 4. The molecule has 1 N–H and O–H groups in total. The van der Waals surface area contributed by atoms with Gasteiger partial charge in [0.1, 0.15) is 0 Å². The summed E-state index contributed by atoms with van der Waals surface area (Å²) < 4.78 is 0. The van der Waals surface area contributed by atoms with Crippen LogP contribution in [0.25, 0.3) is 43.4 Å². The number of nitrogens with zero attached hydrogens (tertiary/aromatic N) is 1. The van der Waals surface area contributed by atoms with Crippen molar-refractivity contribution in [2.45, 2.75) is 0 Å². The van der Waals surface area contributed by atoms with Gasteiger partial charge in [-0.3, -0.25) is 0 Å². The molecular weight excluding hydrogens is 472 g/mol. The lowest BCUT2D eigenvalue weighted by molar-refractivity contribution is 1.22. The molecule has 0 amide bonds. The number of hydrogen-bond acceptors (Lipinski definition) is 2. The van der Waals surface area contributed by atoms with Gasteiger partial charge in [0.2, 0.25) is 0 Å². The summed E-state index contributed by atoms with van der Waals surface area (Å²) in [5.74, 6) is 0. The second-order valence-corrected chi connectivity index (χ2v) is 10.0. The molecule has 0 aromatic heterocycles. The zero-order chi connectivity index (χ0) is 26.2. The molecule has 0 heterocycles. The first-order valence-corrected chi connectivity index (χ1v) is 13.3. The van der Waals surface area contributed by atoms with E-state index in [9.17, 15) is 0 Å². The average molecular weight is 501 g/mol. The van der Waals surface area contributed by atoms with E-state index >= 15 is 0 Å². The Morgan fingerprint density at radius 2 is 1.00 bits per heavy atom. The number of rotatable bonds is 5. The molecule has 0 aliphatic heterocycles. The summed E-state index contributed by atoms with van der Waals surface area (Å²) in [4.78, 5) is 2.29. The molecule has 0 bridgehead atoms. The molecule has 7 aromatic rings. The second-order valence-electron chi connectivity index (χ2n) is 10.0. The molecule has 0 saturated heterocycles. The van der Waals surface area contributed by atoms with Crippen LogP contribution in [0, 0.1) is 0 Å². The molecule has 0 radical (unpaired) electrons.